The zero-order valence-electron chi connectivity index (χ0n) is 7.71. The Labute approximate surface area is 83.8 Å². The van der Waals surface area contributed by atoms with E-state index in [-0.39, 0.29) is 19.0 Å². The third-order valence-corrected chi connectivity index (χ3v) is 1.38. The molecule has 5 heteroatoms. The van der Waals surface area contributed by atoms with Crippen molar-refractivity contribution in [3.63, 3.8) is 0 Å². The number of nitrogens with zero attached hydrogens (tertiary/aromatic N) is 2. The molecule has 0 radical (unpaired) electrons. The van der Waals surface area contributed by atoms with Crippen LogP contribution in [0.5, 0.6) is 0 Å². The number of halogens is 1. The third kappa shape index (κ3) is 4.05. The Morgan fingerprint density at radius 3 is 2.31 bits per heavy atom. The normalized spacial score (nSPS) is 9.15. The number of aryl methyl sites for hydroxylation is 2. The lowest BCUT2D eigenvalue weighted by molar-refractivity contribution is -0.00000395. The van der Waals surface area contributed by atoms with Crippen molar-refractivity contribution in [2.75, 3.05) is 18.5 Å². The highest BCUT2D eigenvalue weighted by Gasteiger charge is 1.96. The van der Waals surface area contributed by atoms with Crippen LogP contribution in [-0.4, -0.2) is 28.2 Å². The van der Waals surface area contributed by atoms with Crippen LogP contribution < -0.4 is 17.7 Å². The van der Waals surface area contributed by atoms with Crippen LogP contribution in [0.3, 0.4) is 0 Å². The lowest BCUT2D eigenvalue weighted by atomic mass is 10.4. The second-order valence-electron chi connectivity index (χ2n) is 2.62. The highest BCUT2D eigenvalue weighted by Crippen LogP contribution is 2.02. The molecule has 0 amide bonds. The average Bonchev–Trinajstić information content (AvgIpc) is 1.99. The smallest absolute Gasteiger partial charge is 0.223 e. The highest BCUT2D eigenvalue weighted by molar-refractivity contribution is 5.27. The first-order valence-corrected chi connectivity index (χ1v) is 3.89. The van der Waals surface area contributed by atoms with Crippen molar-refractivity contribution in [1.82, 2.24) is 9.97 Å². The second kappa shape index (κ2) is 5.72. The molecular formula is C8H13ClN3O-. The maximum Gasteiger partial charge on any atom is 0.223 e. The van der Waals surface area contributed by atoms with Crippen molar-refractivity contribution < 1.29 is 17.5 Å². The minimum Gasteiger partial charge on any atom is -1.00 e. The lowest BCUT2D eigenvalue weighted by Crippen LogP contribution is -3.00. The summed E-state index contributed by atoms with van der Waals surface area (Å²) in [6.07, 6.45) is 0. The van der Waals surface area contributed by atoms with Crippen molar-refractivity contribution in [3.8, 4) is 0 Å². The largest absolute Gasteiger partial charge is 1.00 e. The van der Waals surface area contributed by atoms with Gasteiger partial charge in [0.05, 0.1) is 6.61 Å². The molecule has 74 valence electrons. The Bertz CT molecular complexity index is 247. The first-order chi connectivity index (χ1) is 5.72. The summed E-state index contributed by atoms with van der Waals surface area (Å²) >= 11 is 0. The number of aromatic nitrogens is 2. The summed E-state index contributed by atoms with van der Waals surface area (Å²) in [6.45, 7) is 4.41. The zero-order valence-corrected chi connectivity index (χ0v) is 8.47. The molecular weight excluding hydrogens is 190 g/mol. The fourth-order valence-corrected chi connectivity index (χ4v) is 0.973. The van der Waals surface area contributed by atoms with Crippen LogP contribution in [-0.2, 0) is 0 Å². The van der Waals surface area contributed by atoms with Gasteiger partial charge in [-0.05, 0) is 19.9 Å². The molecule has 0 saturated carbocycles. The Kier molecular flexibility index (Phi) is 5.34. The van der Waals surface area contributed by atoms with E-state index in [1.807, 2.05) is 19.9 Å². The van der Waals surface area contributed by atoms with Crippen LogP contribution in [0.25, 0.3) is 0 Å². The van der Waals surface area contributed by atoms with Crippen LogP contribution in [0.2, 0.25) is 0 Å². The molecule has 0 atom stereocenters. The Hall–Kier alpha value is -0.870. The number of hydrogen-bond acceptors (Lipinski definition) is 4. The van der Waals surface area contributed by atoms with Crippen LogP contribution in [0.1, 0.15) is 11.4 Å². The molecule has 1 aromatic rings. The van der Waals surface area contributed by atoms with Crippen LogP contribution in [0.15, 0.2) is 6.07 Å². The number of rotatable bonds is 3. The number of anilines is 1. The average molecular weight is 203 g/mol. The molecule has 4 nitrogen and oxygen atoms in total. The molecule has 0 fully saturated rings. The van der Waals surface area contributed by atoms with Crippen LogP contribution in [0.4, 0.5) is 5.95 Å². The molecule has 0 aromatic carbocycles. The van der Waals surface area contributed by atoms with Gasteiger partial charge in [0, 0.05) is 17.9 Å². The summed E-state index contributed by atoms with van der Waals surface area (Å²) in [5.41, 5.74) is 1.87. The summed E-state index contributed by atoms with van der Waals surface area (Å²) in [4.78, 5) is 8.28. The summed E-state index contributed by atoms with van der Waals surface area (Å²) in [7, 11) is 0. The van der Waals surface area contributed by atoms with Gasteiger partial charge in [0.1, 0.15) is 0 Å². The maximum absolute atomic E-state index is 8.55. The topological polar surface area (TPSA) is 58.0 Å². The predicted molar refractivity (Wildman–Crippen MR) is 47.1 cm³/mol. The van der Waals surface area contributed by atoms with E-state index >= 15 is 0 Å². The van der Waals surface area contributed by atoms with E-state index in [9.17, 15) is 0 Å². The molecule has 1 heterocycles. The highest BCUT2D eigenvalue weighted by atomic mass is 35.5. The van der Waals surface area contributed by atoms with Gasteiger partial charge in [-0.25, -0.2) is 9.97 Å². The molecule has 0 unspecified atom stereocenters. The van der Waals surface area contributed by atoms with E-state index in [0.717, 1.165) is 11.4 Å². The first kappa shape index (κ1) is 12.1. The van der Waals surface area contributed by atoms with Crippen LogP contribution >= 0.6 is 0 Å². The summed E-state index contributed by atoms with van der Waals surface area (Å²) < 4.78 is 0. The molecule has 1 aromatic heterocycles. The summed E-state index contributed by atoms with van der Waals surface area (Å²) in [5.74, 6) is 0.585. The maximum atomic E-state index is 8.55. The molecule has 0 aliphatic heterocycles. The van der Waals surface area contributed by atoms with Gasteiger partial charge in [-0.1, -0.05) is 0 Å². The third-order valence-electron chi connectivity index (χ3n) is 1.38. The van der Waals surface area contributed by atoms with E-state index < -0.39 is 0 Å². The predicted octanol–water partition coefficient (Wildman–Crippen LogP) is -2.50. The van der Waals surface area contributed by atoms with E-state index in [1.165, 1.54) is 0 Å². The lowest BCUT2D eigenvalue weighted by Gasteiger charge is -2.03. The van der Waals surface area contributed by atoms with E-state index in [0.29, 0.717) is 12.5 Å². The molecule has 0 aliphatic rings. The Morgan fingerprint density at radius 2 is 1.85 bits per heavy atom. The molecule has 1 rings (SSSR count). The number of aliphatic hydroxyl groups excluding tert-OH is 1. The van der Waals surface area contributed by atoms with Crippen molar-refractivity contribution in [2.24, 2.45) is 0 Å². The number of nitrogens with one attached hydrogen (secondary N) is 1. The molecule has 0 saturated heterocycles. The fourth-order valence-electron chi connectivity index (χ4n) is 0.973. The minimum absolute atomic E-state index is 0. The minimum atomic E-state index is 0. The van der Waals surface area contributed by atoms with Gasteiger partial charge in [0.25, 0.3) is 0 Å². The van der Waals surface area contributed by atoms with Gasteiger partial charge >= 0.3 is 0 Å². The van der Waals surface area contributed by atoms with Gasteiger partial charge < -0.3 is 22.8 Å². The second-order valence-corrected chi connectivity index (χ2v) is 2.62. The Balaban J connectivity index is 0.00000144. The summed E-state index contributed by atoms with van der Waals surface area (Å²) in [6, 6.07) is 1.91. The van der Waals surface area contributed by atoms with E-state index in [4.69, 9.17) is 5.11 Å². The standard InChI is InChI=1S/C8H13N3O.ClH/c1-6-5-7(2)11-8(10-6)9-3-4-12;/h5,12H,3-4H2,1-2H3,(H,9,10,11);1H/p-1. The number of hydrogen-bond donors (Lipinski definition) is 2. The van der Waals surface area contributed by atoms with E-state index in [2.05, 4.69) is 15.3 Å². The van der Waals surface area contributed by atoms with Crippen molar-refractivity contribution in [1.29, 1.82) is 0 Å². The van der Waals surface area contributed by atoms with Crippen molar-refractivity contribution >= 4 is 5.95 Å². The fraction of sp³-hybridized carbons (Fsp3) is 0.500. The molecule has 2 N–H and O–H groups in total. The first-order valence-electron chi connectivity index (χ1n) is 3.89. The molecule has 13 heavy (non-hydrogen) atoms. The van der Waals surface area contributed by atoms with Crippen molar-refractivity contribution in [2.45, 2.75) is 13.8 Å². The van der Waals surface area contributed by atoms with Gasteiger partial charge in [0.15, 0.2) is 0 Å². The quantitative estimate of drug-likeness (QED) is 0.569. The van der Waals surface area contributed by atoms with Crippen LogP contribution in [0, 0.1) is 13.8 Å². The molecule has 0 spiro atoms. The Morgan fingerprint density at radius 1 is 1.31 bits per heavy atom. The monoisotopic (exact) mass is 202 g/mol. The SMILES string of the molecule is Cc1cc(C)nc(NCCO)n1.[Cl-]. The van der Waals surface area contributed by atoms with Gasteiger partial charge in [-0.3, -0.25) is 0 Å². The van der Waals surface area contributed by atoms with Gasteiger partial charge in [0.2, 0.25) is 5.95 Å². The summed E-state index contributed by atoms with van der Waals surface area (Å²) in [5, 5.41) is 11.5. The van der Waals surface area contributed by atoms with E-state index in [1.54, 1.807) is 0 Å². The zero-order chi connectivity index (χ0) is 8.97. The number of aliphatic hydroxyl groups is 1. The molecule has 0 bridgehead atoms. The van der Waals surface area contributed by atoms with Gasteiger partial charge in [-0.15, -0.1) is 0 Å². The molecule has 0 aliphatic carbocycles. The van der Waals surface area contributed by atoms with Crippen molar-refractivity contribution in [3.05, 3.63) is 17.5 Å². The van der Waals surface area contributed by atoms with Gasteiger partial charge in [-0.2, -0.15) is 0 Å².